The van der Waals surface area contributed by atoms with Crippen molar-refractivity contribution in [2.24, 2.45) is 0 Å². The second-order valence-corrected chi connectivity index (χ2v) is 11.2. The molecule has 9 heteroatoms. The van der Waals surface area contributed by atoms with Crippen LogP contribution >= 0.6 is 15.9 Å². The Hall–Kier alpha value is -2.39. The van der Waals surface area contributed by atoms with Gasteiger partial charge in [-0.1, -0.05) is 52.7 Å². The lowest BCUT2D eigenvalue weighted by Gasteiger charge is -2.29. The molecule has 7 nitrogen and oxygen atoms in total. The molecule has 2 amide bonds. The Bertz CT molecular complexity index is 1060. The first-order valence-corrected chi connectivity index (χ1v) is 14.0. The molecule has 2 aromatic carbocycles. The third-order valence-electron chi connectivity index (χ3n) is 5.46. The Morgan fingerprint density at radius 3 is 2.24 bits per heavy atom. The smallest absolute Gasteiger partial charge is 0.242 e. The fourth-order valence-electron chi connectivity index (χ4n) is 3.48. The summed E-state index contributed by atoms with van der Waals surface area (Å²) in [4.78, 5) is 27.4. The molecule has 34 heavy (non-hydrogen) atoms. The van der Waals surface area contributed by atoms with Gasteiger partial charge in [0.25, 0.3) is 0 Å². The molecule has 186 valence electrons. The van der Waals surface area contributed by atoms with Gasteiger partial charge in [0.2, 0.25) is 21.8 Å². The number of hydrogen-bond donors (Lipinski definition) is 1. The zero-order chi connectivity index (χ0) is 25.3. The van der Waals surface area contributed by atoms with E-state index in [2.05, 4.69) is 21.2 Å². The van der Waals surface area contributed by atoms with Gasteiger partial charge in [-0.25, -0.2) is 8.42 Å². The number of nitrogens with zero attached hydrogens (tertiary/aromatic N) is 2. The number of hydrogen-bond acceptors (Lipinski definition) is 4. The van der Waals surface area contributed by atoms with Crippen molar-refractivity contribution in [3.05, 3.63) is 64.1 Å². The molecule has 0 heterocycles. The predicted molar refractivity (Wildman–Crippen MR) is 140 cm³/mol. The van der Waals surface area contributed by atoms with Crippen molar-refractivity contribution in [1.82, 2.24) is 10.2 Å². The molecule has 0 aromatic heterocycles. The van der Waals surface area contributed by atoms with Crippen LogP contribution in [0.25, 0.3) is 0 Å². The van der Waals surface area contributed by atoms with Gasteiger partial charge in [0.15, 0.2) is 0 Å². The highest BCUT2D eigenvalue weighted by Crippen LogP contribution is 2.20. The zero-order valence-electron chi connectivity index (χ0n) is 20.3. The Labute approximate surface area is 211 Å². The van der Waals surface area contributed by atoms with Crippen LogP contribution in [0.5, 0.6) is 0 Å². The molecule has 0 aliphatic carbocycles. The summed E-state index contributed by atoms with van der Waals surface area (Å²) in [5.74, 6) is -0.399. The largest absolute Gasteiger partial charge is 0.354 e. The molecule has 0 radical (unpaired) electrons. The molecule has 0 bridgehead atoms. The molecule has 1 N–H and O–H groups in total. The van der Waals surface area contributed by atoms with E-state index in [4.69, 9.17) is 0 Å². The molecule has 0 saturated heterocycles. The van der Waals surface area contributed by atoms with Crippen LogP contribution in [0.3, 0.4) is 0 Å². The van der Waals surface area contributed by atoms with Crippen molar-refractivity contribution in [2.45, 2.75) is 52.6 Å². The summed E-state index contributed by atoms with van der Waals surface area (Å²) in [6.45, 7) is 6.64. The number of sulfonamides is 1. The van der Waals surface area contributed by atoms with Crippen molar-refractivity contribution < 1.29 is 18.0 Å². The van der Waals surface area contributed by atoms with Gasteiger partial charge in [-0.3, -0.25) is 13.9 Å². The quantitative estimate of drug-likeness (QED) is 0.427. The van der Waals surface area contributed by atoms with E-state index in [-0.39, 0.29) is 24.8 Å². The first kappa shape index (κ1) is 27.9. The Kier molecular flexibility index (Phi) is 10.6. The minimum absolute atomic E-state index is 0.125. The molecule has 0 unspecified atom stereocenters. The van der Waals surface area contributed by atoms with Gasteiger partial charge in [0.1, 0.15) is 6.04 Å². The van der Waals surface area contributed by atoms with Crippen molar-refractivity contribution in [2.75, 3.05) is 23.7 Å². The monoisotopic (exact) mass is 551 g/mol. The number of rotatable bonds is 12. The Morgan fingerprint density at radius 2 is 1.68 bits per heavy atom. The van der Waals surface area contributed by atoms with E-state index >= 15 is 0 Å². The second kappa shape index (κ2) is 12.9. The van der Waals surface area contributed by atoms with Crippen molar-refractivity contribution in [1.29, 1.82) is 0 Å². The van der Waals surface area contributed by atoms with Crippen LogP contribution in [0.4, 0.5) is 5.69 Å². The number of amides is 2. The van der Waals surface area contributed by atoms with E-state index in [1.807, 2.05) is 50.2 Å². The van der Waals surface area contributed by atoms with Crippen LogP contribution in [0.1, 0.15) is 44.2 Å². The fraction of sp³-hybridized carbons (Fsp3) is 0.440. The highest BCUT2D eigenvalue weighted by atomic mass is 79.9. The molecule has 2 rings (SSSR count). The maximum absolute atomic E-state index is 13.2. The van der Waals surface area contributed by atoms with Crippen LogP contribution in [0.15, 0.2) is 53.0 Å². The summed E-state index contributed by atoms with van der Waals surface area (Å²) >= 11 is 3.41. The van der Waals surface area contributed by atoms with E-state index < -0.39 is 16.1 Å². The lowest BCUT2D eigenvalue weighted by atomic mass is 10.1. The molecule has 0 aliphatic rings. The molecular weight excluding hydrogens is 518 g/mol. The number of benzene rings is 2. The van der Waals surface area contributed by atoms with Gasteiger partial charge >= 0.3 is 0 Å². The van der Waals surface area contributed by atoms with Crippen LogP contribution in [0.2, 0.25) is 0 Å². The SMILES string of the molecule is CCCNC(=O)[C@@H](C)N(Cc1ccc(Br)cc1)C(=O)CCCN(c1ccc(C)cc1)S(C)(=O)=O. The maximum Gasteiger partial charge on any atom is 0.242 e. The highest BCUT2D eigenvalue weighted by molar-refractivity contribution is 9.10. The number of carbonyl (C=O) groups excluding carboxylic acids is 2. The maximum atomic E-state index is 13.2. The molecular formula is C25H34BrN3O4S. The average Bonchev–Trinajstić information content (AvgIpc) is 2.79. The van der Waals surface area contributed by atoms with Gasteiger partial charge in [-0.15, -0.1) is 0 Å². The summed E-state index contributed by atoms with van der Waals surface area (Å²) in [6.07, 6.45) is 2.42. The molecule has 1 atom stereocenters. The van der Waals surface area contributed by atoms with Gasteiger partial charge < -0.3 is 10.2 Å². The number of aryl methyl sites for hydroxylation is 1. The highest BCUT2D eigenvalue weighted by Gasteiger charge is 2.26. The van der Waals surface area contributed by atoms with E-state index in [0.29, 0.717) is 25.2 Å². The molecule has 0 spiro atoms. The molecule has 0 saturated carbocycles. The van der Waals surface area contributed by atoms with E-state index in [9.17, 15) is 18.0 Å². The van der Waals surface area contributed by atoms with Crippen LogP contribution in [-0.4, -0.2) is 50.5 Å². The fourth-order valence-corrected chi connectivity index (χ4v) is 4.71. The molecule has 2 aromatic rings. The number of nitrogens with one attached hydrogen (secondary N) is 1. The van der Waals surface area contributed by atoms with E-state index in [0.717, 1.165) is 28.3 Å². The van der Waals surface area contributed by atoms with E-state index in [1.54, 1.807) is 24.0 Å². The third kappa shape index (κ3) is 8.43. The summed E-state index contributed by atoms with van der Waals surface area (Å²) in [5, 5.41) is 2.85. The number of anilines is 1. The predicted octanol–water partition coefficient (Wildman–Crippen LogP) is 4.25. The van der Waals surface area contributed by atoms with Gasteiger partial charge in [-0.05, 0) is 56.5 Å². The summed E-state index contributed by atoms with van der Waals surface area (Å²) < 4.78 is 27.0. The van der Waals surface area contributed by atoms with Crippen molar-refractivity contribution in [3.63, 3.8) is 0 Å². The van der Waals surface area contributed by atoms with Crippen LogP contribution < -0.4 is 9.62 Å². The standard InChI is InChI=1S/C25H34BrN3O4S/c1-5-16-27-25(31)20(3)28(18-21-10-12-22(26)13-11-21)24(30)7-6-17-29(34(4,32)33)23-14-8-19(2)9-15-23/h8-15,20H,5-7,16-18H2,1-4H3,(H,27,31)/t20-/m1/s1. The van der Waals surface area contributed by atoms with Gasteiger partial charge in [0, 0.05) is 30.5 Å². The van der Waals surface area contributed by atoms with E-state index in [1.165, 1.54) is 4.31 Å². The number of halogens is 1. The minimum Gasteiger partial charge on any atom is -0.354 e. The Balaban J connectivity index is 2.13. The van der Waals surface area contributed by atoms with Gasteiger partial charge in [0.05, 0.1) is 11.9 Å². The summed E-state index contributed by atoms with van der Waals surface area (Å²) in [6, 6.07) is 14.2. The first-order valence-electron chi connectivity index (χ1n) is 11.4. The summed E-state index contributed by atoms with van der Waals surface area (Å²) in [7, 11) is -3.50. The zero-order valence-corrected chi connectivity index (χ0v) is 22.7. The lowest BCUT2D eigenvalue weighted by Crippen LogP contribution is -2.47. The second-order valence-electron chi connectivity index (χ2n) is 8.39. The van der Waals surface area contributed by atoms with Crippen molar-refractivity contribution in [3.8, 4) is 0 Å². The van der Waals surface area contributed by atoms with Crippen LogP contribution in [-0.2, 0) is 26.2 Å². The Morgan fingerprint density at radius 1 is 1.06 bits per heavy atom. The van der Waals surface area contributed by atoms with Crippen molar-refractivity contribution >= 4 is 43.5 Å². The normalized spacial score (nSPS) is 12.1. The van der Waals surface area contributed by atoms with Gasteiger partial charge in [-0.2, -0.15) is 0 Å². The minimum atomic E-state index is -3.50. The lowest BCUT2D eigenvalue weighted by molar-refractivity contribution is -0.140. The summed E-state index contributed by atoms with van der Waals surface area (Å²) in [5.41, 5.74) is 2.51. The first-order chi connectivity index (χ1) is 16.0. The number of carbonyl (C=O) groups is 2. The average molecular weight is 553 g/mol. The molecule has 0 fully saturated rings. The van der Waals surface area contributed by atoms with Crippen LogP contribution in [0, 0.1) is 6.92 Å². The molecule has 0 aliphatic heterocycles. The third-order valence-corrected chi connectivity index (χ3v) is 7.18. The topological polar surface area (TPSA) is 86.8 Å².